The van der Waals surface area contributed by atoms with E-state index in [2.05, 4.69) is 5.32 Å². The molecule has 2 atom stereocenters. The Morgan fingerprint density at radius 2 is 1.70 bits per heavy atom. The van der Waals surface area contributed by atoms with Crippen LogP contribution in [0, 0.1) is 6.92 Å². The quantitative estimate of drug-likeness (QED) is 0.897. The SMILES string of the molecule is Cc1ccc(C(=O)Nc2ccc([C@@H]3C[C@H]3N)cc2)cc1. The minimum atomic E-state index is -0.0825. The van der Waals surface area contributed by atoms with Crippen molar-refractivity contribution >= 4 is 11.6 Å². The Hall–Kier alpha value is -2.13. The number of aryl methyl sites for hydroxylation is 1. The molecule has 1 amide bonds. The second-order valence-corrected chi connectivity index (χ2v) is 5.45. The van der Waals surface area contributed by atoms with Crippen LogP contribution in [0.4, 0.5) is 5.69 Å². The van der Waals surface area contributed by atoms with E-state index in [-0.39, 0.29) is 5.91 Å². The average molecular weight is 266 g/mol. The molecule has 102 valence electrons. The summed E-state index contributed by atoms with van der Waals surface area (Å²) >= 11 is 0. The molecule has 20 heavy (non-hydrogen) atoms. The van der Waals surface area contributed by atoms with Gasteiger partial charge in [0.1, 0.15) is 0 Å². The second-order valence-electron chi connectivity index (χ2n) is 5.45. The van der Waals surface area contributed by atoms with Crippen molar-refractivity contribution in [2.24, 2.45) is 5.73 Å². The molecule has 1 fully saturated rings. The molecule has 1 aliphatic carbocycles. The third kappa shape index (κ3) is 2.73. The van der Waals surface area contributed by atoms with E-state index in [1.165, 1.54) is 5.56 Å². The maximum atomic E-state index is 12.1. The predicted molar refractivity (Wildman–Crippen MR) is 80.9 cm³/mol. The van der Waals surface area contributed by atoms with Crippen LogP contribution in [0.25, 0.3) is 0 Å². The number of hydrogen-bond acceptors (Lipinski definition) is 2. The number of rotatable bonds is 3. The summed E-state index contributed by atoms with van der Waals surface area (Å²) in [5.74, 6) is 0.415. The van der Waals surface area contributed by atoms with Crippen molar-refractivity contribution in [3.63, 3.8) is 0 Å². The topological polar surface area (TPSA) is 55.1 Å². The summed E-state index contributed by atoms with van der Waals surface area (Å²) in [6, 6.07) is 15.8. The lowest BCUT2D eigenvalue weighted by atomic mass is 10.1. The molecule has 0 aromatic heterocycles. The van der Waals surface area contributed by atoms with Crippen LogP contribution in [0.3, 0.4) is 0 Å². The lowest BCUT2D eigenvalue weighted by Crippen LogP contribution is -2.11. The maximum absolute atomic E-state index is 12.1. The molecule has 0 unspecified atom stereocenters. The van der Waals surface area contributed by atoms with Crippen LogP contribution in [-0.2, 0) is 0 Å². The van der Waals surface area contributed by atoms with Crippen LogP contribution in [-0.4, -0.2) is 11.9 Å². The summed E-state index contributed by atoms with van der Waals surface area (Å²) in [5, 5.41) is 2.91. The van der Waals surface area contributed by atoms with E-state index in [0.717, 1.165) is 17.7 Å². The van der Waals surface area contributed by atoms with Gasteiger partial charge >= 0.3 is 0 Å². The van der Waals surface area contributed by atoms with E-state index >= 15 is 0 Å². The number of nitrogens with one attached hydrogen (secondary N) is 1. The Labute approximate surface area is 118 Å². The first-order chi connectivity index (χ1) is 9.63. The highest BCUT2D eigenvalue weighted by Crippen LogP contribution is 2.39. The van der Waals surface area contributed by atoms with E-state index in [0.29, 0.717) is 17.5 Å². The first kappa shape index (κ1) is 12.9. The molecule has 3 nitrogen and oxygen atoms in total. The van der Waals surface area contributed by atoms with Gasteiger partial charge in [-0.05, 0) is 43.2 Å². The molecule has 0 spiro atoms. The van der Waals surface area contributed by atoms with E-state index in [4.69, 9.17) is 5.73 Å². The van der Waals surface area contributed by atoms with Gasteiger partial charge < -0.3 is 11.1 Å². The minimum absolute atomic E-state index is 0.0825. The molecule has 0 saturated heterocycles. The smallest absolute Gasteiger partial charge is 0.255 e. The van der Waals surface area contributed by atoms with Gasteiger partial charge in [0.25, 0.3) is 5.91 Å². The lowest BCUT2D eigenvalue weighted by molar-refractivity contribution is 0.102. The second kappa shape index (κ2) is 5.10. The molecule has 3 rings (SSSR count). The number of anilines is 1. The first-order valence-corrected chi connectivity index (χ1v) is 6.87. The van der Waals surface area contributed by atoms with Gasteiger partial charge in [-0.1, -0.05) is 29.8 Å². The Bertz CT molecular complexity index is 616. The lowest BCUT2D eigenvalue weighted by Gasteiger charge is -2.07. The van der Waals surface area contributed by atoms with Crippen LogP contribution < -0.4 is 11.1 Å². The molecular weight excluding hydrogens is 248 g/mol. The monoisotopic (exact) mass is 266 g/mol. The van der Waals surface area contributed by atoms with Crippen molar-refractivity contribution in [1.82, 2.24) is 0 Å². The van der Waals surface area contributed by atoms with Gasteiger partial charge in [-0.2, -0.15) is 0 Å². The van der Waals surface area contributed by atoms with Crippen LogP contribution in [0.5, 0.6) is 0 Å². The van der Waals surface area contributed by atoms with Gasteiger partial charge in [-0.25, -0.2) is 0 Å². The van der Waals surface area contributed by atoms with Gasteiger partial charge in [0.05, 0.1) is 0 Å². The van der Waals surface area contributed by atoms with Crippen molar-refractivity contribution in [1.29, 1.82) is 0 Å². The molecule has 1 saturated carbocycles. The Morgan fingerprint density at radius 1 is 1.10 bits per heavy atom. The highest BCUT2D eigenvalue weighted by molar-refractivity contribution is 6.04. The summed E-state index contributed by atoms with van der Waals surface area (Å²) in [7, 11) is 0. The Morgan fingerprint density at radius 3 is 2.25 bits per heavy atom. The zero-order valence-electron chi connectivity index (χ0n) is 11.5. The molecule has 0 aliphatic heterocycles. The molecule has 3 N–H and O–H groups in total. The molecule has 0 radical (unpaired) electrons. The van der Waals surface area contributed by atoms with E-state index < -0.39 is 0 Å². The van der Waals surface area contributed by atoms with Gasteiger partial charge in [0.2, 0.25) is 0 Å². The van der Waals surface area contributed by atoms with Crippen LogP contribution >= 0.6 is 0 Å². The fourth-order valence-corrected chi connectivity index (χ4v) is 2.32. The average Bonchev–Trinajstić information content (AvgIpc) is 3.17. The van der Waals surface area contributed by atoms with E-state index in [1.807, 2.05) is 55.5 Å². The third-order valence-electron chi connectivity index (χ3n) is 3.75. The molecular formula is C17H18N2O. The zero-order valence-corrected chi connectivity index (χ0v) is 11.5. The van der Waals surface area contributed by atoms with Crippen LogP contribution in [0.2, 0.25) is 0 Å². The number of carbonyl (C=O) groups excluding carboxylic acids is 1. The molecule has 0 heterocycles. The molecule has 0 bridgehead atoms. The Kier molecular flexibility index (Phi) is 3.28. The molecule has 2 aromatic rings. The molecule has 1 aliphatic rings. The standard InChI is InChI=1S/C17H18N2O/c1-11-2-4-13(5-3-11)17(20)19-14-8-6-12(7-9-14)15-10-16(15)18/h2-9,15-16H,10,18H2,1H3,(H,19,20)/t15-,16+/m0/s1. The fourth-order valence-electron chi connectivity index (χ4n) is 2.32. The highest BCUT2D eigenvalue weighted by Gasteiger charge is 2.34. The van der Waals surface area contributed by atoms with Crippen LogP contribution in [0.15, 0.2) is 48.5 Å². The number of hydrogen-bond donors (Lipinski definition) is 2. The minimum Gasteiger partial charge on any atom is -0.327 e. The van der Waals surface area contributed by atoms with Crippen molar-refractivity contribution in [3.05, 3.63) is 65.2 Å². The van der Waals surface area contributed by atoms with Gasteiger partial charge in [-0.3, -0.25) is 4.79 Å². The highest BCUT2D eigenvalue weighted by atomic mass is 16.1. The predicted octanol–water partition coefficient (Wildman–Crippen LogP) is 3.06. The molecule has 2 aromatic carbocycles. The normalized spacial score (nSPS) is 20.5. The van der Waals surface area contributed by atoms with Crippen molar-refractivity contribution in [3.8, 4) is 0 Å². The Balaban J connectivity index is 1.68. The number of benzene rings is 2. The van der Waals surface area contributed by atoms with Crippen LogP contribution in [0.1, 0.15) is 33.8 Å². The summed E-state index contributed by atoms with van der Waals surface area (Å²) in [6.45, 7) is 2.00. The van der Waals surface area contributed by atoms with E-state index in [1.54, 1.807) is 0 Å². The van der Waals surface area contributed by atoms with E-state index in [9.17, 15) is 4.79 Å². The van der Waals surface area contributed by atoms with Gasteiger partial charge in [-0.15, -0.1) is 0 Å². The summed E-state index contributed by atoms with van der Waals surface area (Å²) in [5.41, 5.74) is 9.72. The zero-order chi connectivity index (χ0) is 14.1. The van der Waals surface area contributed by atoms with Crippen molar-refractivity contribution < 1.29 is 4.79 Å². The number of carbonyl (C=O) groups is 1. The van der Waals surface area contributed by atoms with Crippen molar-refractivity contribution in [2.45, 2.75) is 25.3 Å². The largest absolute Gasteiger partial charge is 0.327 e. The first-order valence-electron chi connectivity index (χ1n) is 6.87. The van der Waals surface area contributed by atoms with Gasteiger partial charge in [0, 0.05) is 23.2 Å². The number of nitrogens with two attached hydrogens (primary N) is 1. The van der Waals surface area contributed by atoms with Crippen molar-refractivity contribution in [2.75, 3.05) is 5.32 Å². The number of amides is 1. The summed E-state index contributed by atoms with van der Waals surface area (Å²) in [6.07, 6.45) is 1.06. The third-order valence-corrected chi connectivity index (χ3v) is 3.75. The van der Waals surface area contributed by atoms with Gasteiger partial charge in [0.15, 0.2) is 0 Å². The fraction of sp³-hybridized carbons (Fsp3) is 0.235. The summed E-state index contributed by atoms with van der Waals surface area (Å²) in [4.78, 5) is 12.1. The molecule has 3 heteroatoms. The maximum Gasteiger partial charge on any atom is 0.255 e. The summed E-state index contributed by atoms with van der Waals surface area (Å²) < 4.78 is 0.